The smallest absolute Gasteiger partial charge is 0.326 e. The minimum absolute atomic E-state index is 0.235. The summed E-state index contributed by atoms with van der Waals surface area (Å²) in [6.07, 6.45) is 3.68. The number of imide groups is 1. The van der Waals surface area contributed by atoms with E-state index in [1.807, 2.05) is 66.9 Å². The number of carbonyl (C=O) groups is 2. The van der Waals surface area contributed by atoms with E-state index in [4.69, 9.17) is 0 Å². The molecule has 0 radical (unpaired) electrons. The third-order valence-corrected chi connectivity index (χ3v) is 5.50. The van der Waals surface area contributed by atoms with E-state index in [9.17, 15) is 14.9 Å². The highest BCUT2D eigenvalue weighted by atomic mass is 16.2. The highest BCUT2D eigenvalue weighted by Gasteiger charge is 2.23. The van der Waals surface area contributed by atoms with Crippen molar-refractivity contribution in [2.24, 2.45) is 0 Å². The molecule has 0 spiro atoms. The number of benzene rings is 3. The van der Waals surface area contributed by atoms with E-state index in [1.54, 1.807) is 6.08 Å². The Morgan fingerprint density at radius 1 is 0.906 bits per heavy atom. The fraction of sp³-hybridized carbons (Fsp3) is 0.0385. The summed E-state index contributed by atoms with van der Waals surface area (Å²) in [4.78, 5) is 23.4. The molecule has 1 aliphatic rings. The van der Waals surface area contributed by atoms with Crippen LogP contribution in [0.5, 0.6) is 0 Å². The fourth-order valence-corrected chi connectivity index (χ4v) is 3.98. The van der Waals surface area contributed by atoms with Crippen LogP contribution in [0, 0.1) is 11.3 Å². The van der Waals surface area contributed by atoms with Crippen LogP contribution < -0.4 is 10.6 Å². The van der Waals surface area contributed by atoms with Crippen LogP contribution in [0.15, 0.2) is 84.7 Å². The summed E-state index contributed by atoms with van der Waals surface area (Å²) < 4.78 is 2.12. The Balaban J connectivity index is 1.47. The summed E-state index contributed by atoms with van der Waals surface area (Å²) in [6, 6.07) is 25.4. The molecule has 6 nitrogen and oxygen atoms in total. The molecule has 154 valence electrons. The molecule has 0 bridgehead atoms. The Morgan fingerprint density at radius 2 is 1.66 bits per heavy atom. The van der Waals surface area contributed by atoms with Crippen LogP contribution in [-0.2, 0) is 11.3 Å². The number of fused-ring (bicyclic) bond motifs is 1. The first-order valence-electron chi connectivity index (χ1n) is 10.1. The van der Waals surface area contributed by atoms with Crippen molar-refractivity contribution in [1.82, 2.24) is 15.2 Å². The number of nitrogens with zero attached hydrogens (tertiary/aromatic N) is 2. The van der Waals surface area contributed by atoms with Gasteiger partial charge in [0.1, 0.15) is 5.70 Å². The molecule has 1 aromatic heterocycles. The van der Waals surface area contributed by atoms with Crippen LogP contribution in [0.3, 0.4) is 0 Å². The normalized spacial score (nSPS) is 14.4. The zero-order chi connectivity index (χ0) is 22.1. The SMILES string of the molecule is N#Cc1ccccc1-c1ccc(Cn2cc(/C=C3\NC(=O)NC3=O)c3ccccc32)cc1. The van der Waals surface area contributed by atoms with Crippen molar-refractivity contribution >= 4 is 28.9 Å². The summed E-state index contributed by atoms with van der Waals surface area (Å²) in [5.74, 6) is -0.430. The molecule has 1 fully saturated rings. The first-order valence-corrected chi connectivity index (χ1v) is 10.1. The number of nitrogens with one attached hydrogen (secondary N) is 2. The van der Waals surface area contributed by atoms with Gasteiger partial charge in [0.15, 0.2) is 0 Å². The van der Waals surface area contributed by atoms with Crippen molar-refractivity contribution in [1.29, 1.82) is 5.26 Å². The monoisotopic (exact) mass is 418 g/mol. The minimum Gasteiger partial charge on any atom is -0.342 e. The third-order valence-electron chi connectivity index (χ3n) is 5.50. The Labute approximate surface area is 184 Å². The van der Waals surface area contributed by atoms with E-state index in [0.29, 0.717) is 12.1 Å². The maximum Gasteiger partial charge on any atom is 0.326 e. The van der Waals surface area contributed by atoms with E-state index in [-0.39, 0.29) is 5.70 Å². The summed E-state index contributed by atoms with van der Waals surface area (Å²) in [5, 5.41) is 15.1. The second-order valence-corrected chi connectivity index (χ2v) is 7.55. The number of hydrogen-bond donors (Lipinski definition) is 2. The molecule has 6 heteroatoms. The van der Waals surface area contributed by atoms with Gasteiger partial charge in [0.05, 0.1) is 11.6 Å². The molecule has 1 aliphatic heterocycles. The highest BCUT2D eigenvalue weighted by molar-refractivity contribution is 6.14. The number of carbonyl (C=O) groups excluding carboxylic acids is 2. The number of aromatic nitrogens is 1. The fourth-order valence-electron chi connectivity index (χ4n) is 3.98. The minimum atomic E-state index is -0.511. The average Bonchev–Trinajstić information content (AvgIpc) is 3.33. The largest absolute Gasteiger partial charge is 0.342 e. The quantitative estimate of drug-likeness (QED) is 0.380. The zero-order valence-corrected chi connectivity index (χ0v) is 17.0. The van der Waals surface area contributed by atoms with Gasteiger partial charge in [0, 0.05) is 29.2 Å². The maximum absolute atomic E-state index is 11.9. The first kappa shape index (κ1) is 19.3. The Morgan fingerprint density at radius 3 is 2.41 bits per heavy atom. The van der Waals surface area contributed by atoms with E-state index in [0.717, 1.165) is 33.2 Å². The Hall–Kier alpha value is -4.63. The van der Waals surface area contributed by atoms with Crippen LogP contribution in [0.4, 0.5) is 4.79 Å². The molecule has 0 aliphatic carbocycles. The second-order valence-electron chi connectivity index (χ2n) is 7.55. The van der Waals surface area contributed by atoms with Gasteiger partial charge in [-0.2, -0.15) is 5.26 Å². The van der Waals surface area contributed by atoms with Crippen molar-refractivity contribution in [3.05, 3.63) is 101 Å². The summed E-state index contributed by atoms with van der Waals surface area (Å²) in [7, 11) is 0. The van der Waals surface area contributed by atoms with Gasteiger partial charge < -0.3 is 9.88 Å². The average molecular weight is 418 g/mol. The van der Waals surface area contributed by atoms with E-state index in [1.165, 1.54) is 0 Å². The van der Waals surface area contributed by atoms with Crippen molar-refractivity contribution < 1.29 is 9.59 Å². The number of nitriles is 1. The summed E-state index contributed by atoms with van der Waals surface area (Å²) >= 11 is 0. The lowest BCUT2D eigenvalue weighted by Crippen LogP contribution is -2.22. The molecule has 5 rings (SSSR count). The van der Waals surface area contributed by atoms with Crippen LogP contribution in [-0.4, -0.2) is 16.5 Å². The standard InChI is InChI=1S/C26H18N4O2/c27-14-19-5-1-2-6-21(19)18-11-9-17(10-12-18)15-30-16-20(22-7-3-4-8-24(22)30)13-23-25(31)29-26(32)28-23/h1-13,16H,15H2,(H2,28,29,31,32)/b23-13-. The first-order chi connectivity index (χ1) is 15.6. The summed E-state index contributed by atoms with van der Waals surface area (Å²) in [6.45, 7) is 0.641. The van der Waals surface area contributed by atoms with Gasteiger partial charge in [0.2, 0.25) is 0 Å². The second kappa shape index (κ2) is 7.89. The predicted octanol–water partition coefficient (Wildman–Crippen LogP) is 4.41. The molecule has 0 saturated carbocycles. The van der Waals surface area contributed by atoms with Crippen molar-refractivity contribution in [3.8, 4) is 17.2 Å². The molecule has 32 heavy (non-hydrogen) atoms. The lowest BCUT2D eigenvalue weighted by atomic mass is 9.99. The lowest BCUT2D eigenvalue weighted by Gasteiger charge is -2.08. The molecule has 2 N–H and O–H groups in total. The Bertz CT molecular complexity index is 1440. The topological polar surface area (TPSA) is 86.9 Å². The van der Waals surface area contributed by atoms with Crippen LogP contribution in [0.2, 0.25) is 0 Å². The maximum atomic E-state index is 11.9. The number of para-hydroxylation sites is 1. The van der Waals surface area contributed by atoms with E-state index < -0.39 is 11.9 Å². The molecule has 3 amide bonds. The lowest BCUT2D eigenvalue weighted by molar-refractivity contribution is -0.115. The van der Waals surface area contributed by atoms with Gasteiger partial charge >= 0.3 is 6.03 Å². The zero-order valence-electron chi connectivity index (χ0n) is 17.0. The van der Waals surface area contributed by atoms with Crippen LogP contribution >= 0.6 is 0 Å². The summed E-state index contributed by atoms with van der Waals surface area (Å²) in [5.41, 5.74) is 5.79. The van der Waals surface area contributed by atoms with Crippen LogP contribution in [0.25, 0.3) is 28.1 Å². The van der Waals surface area contributed by atoms with Crippen LogP contribution in [0.1, 0.15) is 16.7 Å². The molecular formula is C26H18N4O2. The molecule has 2 heterocycles. The van der Waals surface area contributed by atoms with E-state index in [2.05, 4.69) is 33.4 Å². The predicted molar refractivity (Wildman–Crippen MR) is 122 cm³/mol. The molecular weight excluding hydrogens is 400 g/mol. The van der Waals surface area contributed by atoms with Crippen molar-refractivity contribution in [3.63, 3.8) is 0 Å². The highest BCUT2D eigenvalue weighted by Crippen LogP contribution is 2.27. The molecule has 3 aromatic carbocycles. The third kappa shape index (κ3) is 3.53. The molecule has 4 aromatic rings. The molecule has 1 saturated heterocycles. The Kier molecular flexibility index (Phi) is 4.77. The van der Waals surface area contributed by atoms with Crippen molar-refractivity contribution in [2.45, 2.75) is 6.54 Å². The number of amides is 3. The van der Waals surface area contributed by atoms with Gasteiger partial charge in [0.25, 0.3) is 5.91 Å². The van der Waals surface area contributed by atoms with Gasteiger partial charge in [-0.15, -0.1) is 0 Å². The van der Waals surface area contributed by atoms with Gasteiger partial charge in [-0.1, -0.05) is 60.7 Å². The van der Waals surface area contributed by atoms with Gasteiger partial charge in [-0.3, -0.25) is 10.1 Å². The number of rotatable bonds is 4. The molecule has 0 atom stereocenters. The number of hydrogen-bond acceptors (Lipinski definition) is 3. The number of urea groups is 1. The van der Waals surface area contributed by atoms with Gasteiger partial charge in [-0.05, 0) is 34.9 Å². The molecule has 0 unspecified atom stereocenters. The van der Waals surface area contributed by atoms with Gasteiger partial charge in [-0.25, -0.2) is 4.79 Å². The van der Waals surface area contributed by atoms with Crippen molar-refractivity contribution in [2.75, 3.05) is 0 Å². The van der Waals surface area contributed by atoms with E-state index >= 15 is 0 Å².